The number of likely N-dealkylation sites (tertiary alicyclic amines) is 1. The molecule has 29 heavy (non-hydrogen) atoms. The zero-order chi connectivity index (χ0) is 20.4. The third-order valence-corrected chi connectivity index (χ3v) is 8.05. The number of carbonyl (C=O) groups excluding carboxylic acids is 1. The van der Waals surface area contributed by atoms with Gasteiger partial charge in [0.05, 0.1) is 18.1 Å². The summed E-state index contributed by atoms with van der Waals surface area (Å²) >= 11 is 0. The van der Waals surface area contributed by atoms with Gasteiger partial charge in [-0.15, -0.1) is 6.58 Å². The van der Waals surface area contributed by atoms with Gasteiger partial charge in [0.1, 0.15) is 0 Å². The van der Waals surface area contributed by atoms with E-state index >= 15 is 0 Å². The minimum Gasteiger partial charge on any atom is -0.493 e. The number of nitrogens with zero attached hydrogens (tertiary/aromatic N) is 1. The first-order valence-electron chi connectivity index (χ1n) is 10.9. The van der Waals surface area contributed by atoms with Crippen LogP contribution in [-0.2, 0) is 21.4 Å². The first kappa shape index (κ1) is 19.1. The van der Waals surface area contributed by atoms with E-state index in [1.54, 1.807) is 7.11 Å². The van der Waals surface area contributed by atoms with Crippen LogP contribution >= 0.6 is 0 Å². The fourth-order valence-corrected chi connectivity index (χ4v) is 6.95. The highest BCUT2D eigenvalue weighted by atomic mass is 16.5. The first-order chi connectivity index (χ1) is 14.0. The quantitative estimate of drug-likeness (QED) is 0.689. The molecule has 2 bridgehead atoms. The number of hydrogen-bond acceptors (Lipinski definition) is 5. The van der Waals surface area contributed by atoms with Crippen molar-refractivity contribution in [2.24, 2.45) is 0 Å². The summed E-state index contributed by atoms with van der Waals surface area (Å²) in [7, 11) is 1.67. The maximum Gasteiger partial charge on any atom is 0.177 e. The maximum absolute atomic E-state index is 13.4. The summed E-state index contributed by atoms with van der Waals surface area (Å²) in [5, 5.41) is 0. The van der Waals surface area contributed by atoms with Crippen LogP contribution in [0, 0.1) is 0 Å². The molecule has 2 aliphatic heterocycles. The summed E-state index contributed by atoms with van der Waals surface area (Å²) in [6.45, 7) is 10.6. The highest BCUT2D eigenvalue weighted by Crippen LogP contribution is 2.69. The second kappa shape index (κ2) is 6.32. The number of Topliss-reactive ketones (excluding diaryl/α,β-unsaturated/α-hetero) is 1. The van der Waals surface area contributed by atoms with E-state index in [2.05, 4.69) is 24.5 Å². The van der Waals surface area contributed by atoms with Crippen molar-refractivity contribution in [3.63, 3.8) is 0 Å². The van der Waals surface area contributed by atoms with Crippen molar-refractivity contribution in [2.45, 2.75) is 68.6 Å². The molecule has 4 atom stereocenters. The Kier molecular flexibility index (Phi) is 4.17. The molecule has 2 heterocycles. The highest BCUT2D eigenvalue weighted by Gasteiger charge is 2.78. The average molecular weight is 398 g/mol. The van der Waals surface area contributed by atoms with Crippen LogP contribution in [0.1, 0.15) is 50.7 Å². The molecule has 1 saturated carbocycles. The number of ketones is 1. The molecule has 5 nitrogen and oxygen atoms in total. The minimum absolute atomic E-state index is 0.190. The lowest BCUT2D eigenvalue weighted by Crippen LogP contribution is -2.80. The average Bonchev–Trinajstić information content (AvgIpc) is 3.00. The second-order valence-electron chi connectivity index (χ2n) is 9.09. The molecule has 0 radical (unpaired) electrons. The molecule has 1 aromatic carbocycles. The normalized spacial score (nSPS) is 37.1. The molecule has 1 aromatic rings. The summed E-state index contributed by atoms with van der Waals surface area (Å²) in [4.78, 5) is 15.9. The summed E-state index contributed by atoms with van der Waals surface area (Å²) in [5.74, 6) is 1.68. The topological polar surface area (TPSA) is 48.0 Å². The predicted octanol–water partition coefficient (Wildman–Crippen LogP) is 3.43. The van der Waals surface area contributed by atoms with Crippen molar-refractivity contribution in [2.75, 3.05) is 26.8 Å². The second-order valence-corrected chi connectivity index (χ2v) is 9.09. The standard InChI is InChI=1S/C24H31NO4/c1-5-12-25-13-11-23-20-16-7-8-17(27-4)21(20)29-22(23,3)19(26)9-10-24(23,18(25)15-16)28-14-6-2/h5,7-8,18H,1,6,9-15H2,2-4H3/t18-,22+,23+,24?/m1/s1. The van der Waals surface area contributed by atoms with Crippen LogP contribution in [-0.4, -0.2) is 54.7 Å². The molecular formula is C24H31NO4. The SMILES string of the molecule is C=CCN1CC[C@]23c4c5ccc(OC)c4O[C@@]2(C)C(=O)CCC3(OCCC)[C@H]1C5. The lowest BCUT2D eigenvalue weighted by Gasteiger charge is -2.66. The van der Waals surface area contributed by atoms with Crippen molar-refractivity contribution in [1.82, 2.24) is 4.90 Å². The third kappa shape index (κ3) is 2.05. The summed E-state index contributed by atoms with van der Waals surface area (Å²) in [6, 6.07) is 4.37. The Morgan fingerprint density at radius 1 is 1.38 bits per heavy atom. The monoisotopic (exact) mass is 397 g/mol. The van der Waals surface area contributed by atoms with Gasteiger partial charge in [-0.3, -0.25) is 9.69 Å². The minimum atomic E-state index is -0.913. The summed E-state index contributed by atoms with van der Waals surface area (Å²) < 4.78 is 19.1. The molecule has 4 aliphatic rings. The van der Waals surface area contributed by atoms with E-state index in [0.29, 0.717) is 13.0 Å². The number of benzene rings is 1. The smallest absolute Gasteiger partial charge is 0.177 e. The third-order valence-electron chi connectivity index (χ3n) is 8.05. The van der Waals surface area contributed by atoms with E-state index < -0.39 is 16.6 Å². The molecule has 1 unspecified atom stereocenters. The number of rotatable bonds is 6. The van der Waals surface area contributed by atoms with Gasteiger partial charge in [-0.05, 0) is 44.2 Å². The van der Waals surface area contributed by atoms with Crippen LogP contribution in [0.15, 0.2) is 24.8 Å². The number of ether oxygens (including phenoxy) is 3. The van der Waals surface area contributed by atoms with Crippen molar-refractivity contribution in [3.8, 4) is 11.5 Å². The molecule has 2 fully saturated rings. The van der Waals surface area contributed by atoms with E-state index in [4.69, 9.17) is 14.2 Å². The predicted molar refractivity (Wildman–Crippen MR) is 111 cm³/mol. The largest absolute Gasteiger partial charge is 0.493 e. The van der Waals surface area contributed by atoms with Gasteiger partial charge in [0.25, 0.3) is 0 Å². The zero-order valence-corrected chi connectivity index (χ0v) is 17.8. The van der Waals surface area contributed by atoms with E-state index in [-0.39, 0.29) is 11.8 Å². The molecule has 0 N–H and O–H groups in total. The molecule has 0 aromatic heterocycles. The van der Waals surface area contributed by atoms with Gasteiger partial charge in [0, 0.05) is 37.7 Å². The Labute approximate surface area is 173 Å². The molecule has 1 saturated heterocycles. The fraction of sp³-hybridized carbons (Fsp3) is 0.625. The molecule has 0 amide bonds. The van der Waals surface area contributed by atoms with Crippen LogP contribution < -0.4 is 9.47 Å². The van der Waals surface area contributed by atoms with Gasteiger partial charge in [-0.2, -0.15) is 0 Å². The molecule has 1 spiro atoms. The molecule has 156 valence electrons. The van der Waals surface area contributed by atoms with Crippen LogP contribution in [0.5, 0.6) is 11.5 Å². The Hall–Kier alpha value is -1.85. The Morgan fingerprint density at radius 3 is 2.93 bits per heavy atom. The van der Waals surface area contributed by atoms with Crippen molar-refractivity contribution in [1.29, 1.82) is 0 Å². The van der Waals surface area contributed by atoms with Crippen LogP contribution in [0.25, 0.3) is 0 Å². The number of methoxy groups -OCH3 is 1. The van der Waals surface area contributed by atoms with E-state index in [1.165, 1.54) is 11.1 Å². The fourth-order valence-electron chi connectivity index (χ4n) is 6.95. The Morgan fingerprint density at radius 2 is 2.21 bits per heavy atom. The Bertz CT molecular complexity index is 882. The van der Waals surface area contributed by atoms with Gasteiger partial charge >= 0.3 is 0 Å². The Balaban J connectivity index is 1.82. The molecular weight excluding hydrogens is 366 g/mol. The van der Waals surface area contributed by atoms with Gasteiger partial charge in [0.15, 0.2) is 22.9 Å². The van der Waals surface area contributed by atoms with Gasteiger partial charge in [0.2, 0.25) is 0 Å². The van der Waals surface area contributed by atoms with Gasteiger partial charge in [-0.25, -0.2) is 0 Å². The van der Waals surface area contributed by atoms with E-state index in [1.807, 2.05) is 19.1 Å². The van der Waals surface area contributed by atoms with Crippen molar-refractivity contribution >= 4 is 5.78 Å². The van der Waals surface area contributed by atoms with Crippen molar-refractivity contribution in [3.05, 3.63) is 35.9 Å². The summed E-state index contributed by atoms with van der Waals surface area (Å²) in [6.07, 6.45) is 5.93. The van der Waals surface area contributed by atoms with Crippen molar-refractivity contribution < 1.29 is 19.0 Å². The lowest BCUT2D eigenvalue weighted by atomic mass is 9.45. The van der Waals surface area contributed by atoms with Crippen LogP contribution in [0.3, 0.4) is 0 Å². The highest BCUT2D eigenvalue weighted by molar-refractivity contribution is 5.94. The number of hydrogen-bond donors (Lipinski definition) is 0. The van der Waals surface area contributed by atoms with Gasteiger partial charge < -0.3 is 14.2 Å². The zero-order valence-electron chi connectivity index (χ0n) is 17.8. The van der Waals surface area contributed by atoms with Crippen LogP contribution in [0.2, 0.25) is 0 Å². The molecule has 5 heteroatoms. The van der Waals surface area contributed by atoms with Gasteiger partial charge in [-0.1, -0.05) is 19.1 Å². The maximum atomic E-state index is 13.4. The summed E-state index contributed by atoms with van der Waals surface area (Å²) in [5.41, 5.74) is 0.637. The van der Waals surface area contributed by atoms with E-state index in [0.717, 1.165) is 50.3 Å². The molecule has 5 rings (SSSR count). The lowest BCUT2D eigenvalue weighted by molar-refractivity contribution is -0.229. The number of carbonyl (C=O) groups is 1. The van der Waals surface area contributed by atoms with Crippen LogP contribution in [0.4, 0.5) is 0 Å². The van der Waals surface area contributed by atoms with E-state index in [9.17, 15) is 4.79 Å². The number of piperidine rings is 1. The first-order valence-corrected chi connectivity index (χ1v) is 10.9. The molecule has 2 aliphatic carbocycles.